The monoisotopic (exact) mass is 435 g/mol. The SMILES string of the molecule is O=C(CNC(=O)c1ccc2ccccc2c1)NCC(c1ccccc1Cl)N1CCCC1. The molecule has 2 amide bonds. The van der Waals surface area contributed by atoms with Crippen molar-refractivity contribution in [2.45, 2.75) is 18.9 Å². The number of likely N-dealkylation sites (tertiary alicyclic amines) is 1. The first kappa shape index (κ1) is 21.3. The summed E-state index contributed by atoms with van der Waals surface area (Å²) in [6.07, 6.45) is 2.30. The van der Waals surface area contributed by atoms with Gasteiger partial charge in [0.05, 0.1) is 12.6 Å². The number of fused-ring (bicyclic) bond motifs is 1. The van der Waals surface area contributed by atoms with Crippen molar-refractivity contribution in [2.75, 3.05) is 26.2 Å². The van der Waals surface area contributed by atoms with E-state index in [4.69, 9.17) is 11.6 Å². The summed E-state index contributed by atoms with van der Waals surface area (Å²) in [5.74, 6) is -0.478. The zero-order chi connectivity index (χ0) is 21.6. The lowest BCUT2D eigenvalue weighted by molar-refractivity contribution is -0.120. The maximum atomic E-state index is 12.5. The van der Waals surface area contributed by atoms with Gasteiger partial charge in [0.15, 0.2) is 0 Å². The first-order valence-electron chi connectivity index (χ1n) is 10.6. The Bertz CT molecular complexity index is 1080. The third kappa shape index (κ3) is 5.24. The summed E-state index contributed by atoms with van der Waals surface area (Å²) < 4.78 is 0. The molecule has 1 aliphatic heterocycles. The van der Waals surface area contributed by atoms with Gasteiger partial charge >= 0.3 is 0 Å². The van der Waals surface area contributed by atoms with E-state index in [0.29, 0.717) is 17.1 Å². The van der Waals surface area contributed by atoms with Crippen LogP contribution < -0.4 is 10.6 Å². The number of carbonyl (C=O) groups is 2. The number of amides is 2. The Morgan fingerprint density at radius 3 is 2.39 bits per heavy atom. The molecule has 0 aromatic heterocycles. The second-order valence-corrected chi connectivity index (χ2v) is 8.24. The highest BCUT2D eigenvalue weighted by molar-refractivity contribution is 6.31. The highest BCUT2D eigenvalue weighted by Crippen LogP contribution is 2.29. The van der Waals surface area contributed by atoms with Gasteiger partial charge < -0.3 is 10.6 Å². The predicted molar refractivity (Wildman–Crippen MR) is 124 cm³/mol. The van der Waals surface area contributed by atoms with Crippen LogP contribution in [0, 0.1) is 0 Å². The van der Waals surface area contributed by atoms with E-state index in [1.54, 1.807) is 6.07 Å². The molecule has 1 saturated heterocycles. The Kier molecular flexibility index (Phi) is 6.85. The highest BCUT2D eigenvalue weighted by Gasteiger charge is 2.25. The number of rotatable bonds is 7. The second-order valence-electron chi connectivity index (χ2n) is 7.83. The van der Waals surface area contributed by atoms with Crippen molar-refractivity contribution in [1.29, 1.82) is 0 Å². The van der Waals surface area contributed by atoms with Gasteiger partial charge in [-0.1, -0.05) is 60.1 Å². The minimum Gasteiger partial charge on any atom is -0.353 e. The number of nitrogens with one attached hydrogen (secondary N) is 2. The van der Waals surface area contributed by atoms with Crippen LogP contribution in [0.2, 0.25) is 5.02 Å². The normalized spacial score (nSPS) is 15.0. The fourth-order valence-electron chi connectivity index (χ4n) is 4.10. The summed E-state index contributed by atoms with van der Waals surface area (Å²) in [6, 6.07) is 21.2. The van der Waals surface area contributed by atoms with Gasteiger partial charge in [0.2, 0.25) is 5.91 Å². The smallest absolute Gasteiger partial charge is 0.251 e. The van der Waals surface area contributed by atoms with Gasteiger partial charge in [-0.2, -0.15) is 0 Å². The maximum absolute atomic E-state index is 12.5. The molecular formula is C25H26ClN3O2. The van der Waals surface area contributed by atoms with Crippen molar-refractivity contribution in [3.63, 3.8) is 0 Å². The Balaban J connectivity index is 1.34. The molecule has 0 bridgehead atoms. The van der Waals surface area contributed by atoms with Gasteiger partial charge in [-0.15, -0.1) is 0 Å². The van der Waals surface area contributed by atoms with Crippen LogP contribution in [-0.4, -0.2) is 42.9 Å². The van der Waals surface area contributed by atoms with Crippen LogP contribution in [0.3, 0.4) is 0 Å². The molecule has 1 atom stereocenters. The number of hydrogen-bond donors (Lipinski definition) is 2. The molecule has 31 heavy (non-hydrogen) atoms. The molecular weight excluding hydrogens is 410 g/mol. The molecule has 4 rings (SSSR count). The number of carbonyl (C=O) groups excluding carboxylic acids is 2. The molecule has 1 fully saturated rings. The Morgan fingerprint density at radius 2 is 1.61 bits per heavy atom. The minimum atomic E-state index is -0.261. The second kappa shape index (κ2) is 9.94. The van der Waals surface area contributed by atoms with Gasteiger partial charge in [-0.3, -0.25) is 14.5 Å². The molecule has 0 saturated carbocycles. The quantitative estimate of drug-likeness (QED) is 0.585. The summed E-state index contributed by atoms with van der Waals surface area (Å²) in [5.41, 5.74) is 1.56. The van der Waals surface area contributed by atoms with E-state index in [1.807, 2.05) is 60.7 Å². The molecule has 0 radical (unpaired) electrons. The van der Waals surface area contributed by atoms with E-state index in [9.17, 15) is 9.59 Å². The van der Waals surface area contributed by atoms with Crippen LogP contribution in [0.4, 0.5) is 0 Å². The summed E-state index contributed by atoms with van der Waals surface area (Å²) in [7, 11) is 0. The van der Waals surface area contributed by atoms with Gasteiger partial charge in [0, 0.05) is 17.1 Å². The Hall–Kier alpha value is -2.89. The first-order valence-corrected chi connectivity index (χ1v) is 11.0. The van der Waals surface area contributed by atoms with E-state index in [-0.39, 0.29) is 24.4 Å². The fourth-order valence-corrected chi connectivity index (χ4v) is 4.36. The topological polar surface area (TPSA) is 61.4 Å². The van der Waals surface area contributed by atoms with Crippen LogP contribution in [0.15, 0.2) is 66.7 Å². The molecule has 3 aromatic rings. The summed E-state index contributed by atoms with van der Waals surface area (Å²) in [6.45, 7) is 2.37. The Labute approximate surface area is 187 Å². The number of hydrogen-bond acceptors (Lipinski definition) is 3. The molecule has 6 heteroatoms. The van der Waals surface area contributed by atoms with E-state index in [1.165, 1.54) is 0 Å². The standard InChI is InChI=1S/C25H26ClN3O2/c26-22-10-4-3-9-21(22)23(29-13-5-6-14-29)16-27-24(30)17-28-25(31)20-12-11-18-7-1-2-8-19(18)15-20/h1-4,7-12,15,23H,5-6,13-14,16-17H2,(H,27,30)(H,28,31). The maximum Gasteiger partial charge on any atom is 0.251 e. The van der Waals surface area contributed by atoms with Crippen molar-refractivity contribution in [1.82, 2.24) is 15.5 Å². The third-order valence-electron chi connectivity index (χ3n) is 5.76. The first-order chi connectivity index (χ1) is 15.1. The number of benzene rings is 3. The molecule has 2 N–H and O–H groups in total. The van der Waals surface area contributed by atoms with Crippen molar-refractivity contribution in [3.8, 4) is 0 Å². The van der Waals surface area contributed by atoms with E-state index in [2.05, 4.69) is 15.5 Å². The van der Waals surface area contributed by atoms with E-state index in [0.717, 1.165) is 42.3 Å². The minimum absolute atomic E-state index is 0.0244. The van der Waals surface area contributed by atoms with Crippen LogP contribution >= 0.6 is 11.6 Å². The van der Waals surface area contributed by atoms with Crippen molar-refractivity contribution < 1.29 is 9.59 Å². The number of halogens is 1. The van der Waals surface area contributed by atoms with Gasteiger partial charge in [-0.05, 0) is 60.5 Å². The van der Waals surface area contributed by atoms with Crippen molar-refractivity contribution in [3.05, 3.63) is 82.9 Å². The lowest BCUT2D eigenvalue weighted by Crippen LogP contribution is -2.41. The van der Waals surface area contributed by atoms with Crippen LogP contribution in [0.5, 0.6) is 0 Å². The predicted octanol–water partition coefficient (Wildman–Crippen LogP) is 4.18. The lowest BCUT2D eigenvalue weighted by Gasteiger charge is -2.29. The summed E-state index contributed by atoms with van der Waals surface area (Å²) >= 11 is 6.43. The summed E-state index contributed by atoms with van der Waals surface area (Å²) in [4.78, 5) is 27.3. The fraction of sp³-hybridized carbons (Fsp3) is 0.280. The molecule has 3 aromatic carbocycles. The van der Waals surface area contributed by atoms with E-state index >= 15 is 0 Å². The van der Waals surface area contributed by atoms with Crippen molar-refractivity contribution >= 4 is 34.2 Å². The number of nitrogens with zero attached hydrogens (tertiary/aromatic N) is 1. The van der Waals surface area contributed by atoms with Crippen LogP contribution in [-0.2, 0) is 4.79 Å². The van der Waals surface area contributed by atoms with Crippen molar-refractivity contribution in [2.24, 2.45) is 0 Å². The molecule has 1 aliphatic rings. The zero-order valence-electron chi connectivity index (χ0n) is 17.3. The molecule has 0 aliphatic carbocycles. The summed E-state index contributed by atoms with van der Waals surface area (Å²) in [5, 5.41) is 8.46. The Morgan fingerprint density at radius 1 is 0.903 bits per heavy atom. The van der Waals surface area contributed by atoms with Crippen LogP contribution in [0.1, 0.15) is 34.8 Å². The largest absolute Gasteiger partial charge is 0.353 e. The average Bonchev–Trinajstić information content (AvgIpc) is 3.33. The van der Waals surface area contributed by atoms with Crippen LogP contribution in [0.25, 0.3) is 10.8 Å². The van der Waals surface area contributed by atoms with E-state index < -0.39 is 0 Å². The highest BCUT2D eigenvalue weighted by atomic mass is 35.5. The lowest BCUT2D eigenvalue weighted by atomic mass is 10.1. The van der Waals surface area contributed by atoms with Gasteiger partial charge in [-0.25, -0.2) is 0 Å². The third-order valence-corrected chi connectivity index (χ3v) is 6.10. The van der Waals surface area contributed by atoms with Gasteiger partial charge in [0.1, 0.15) is 0 Å². The zero-order valence-corrected chi connectivity index (χ0v) is 18.1. The molecule has 5 nitrogen and oxygen atoms in total. The molecule has 0 spiro atoms. The molecule has 1 unspecified atom stereocenters. The molecule has 160 valence electrons. The average molecular weight is 436 g/mol. The molecule has 1 heterocycles. The van der Waals surface area contributed by atoms with Gasteiger partial charge in [0.25, 0.3) is 5.91 Å².